The van der Waals surface area contributed by atoms with Crippen molar-refractivity contribution in [1.82, 2.24) is 0 Å². The summed E-state index contributed by atoms with van der Waals surface area (Å²) in [5.41, 5.74) is 2.42. The molecule has 1 N–H and O–H groups in total. The summed E-state index contributed by atoms with van der Waals surface area (Å²) in [6.45, 7) is 0.352. The summed E-state index contributed by atoms with van der Waals surface area (Å²) in [5, 5.41) is 8.84. The average Bonchev–Trinajstić information content (AvgIpc) is 2.64. The van der Waals surface area contributed by atoms with E-state index in [0.717, 1.165) is 5.75 Å². The van der Waals surface area contributed by atoms with Gasteiger partial charge in [-0.2, -0.15) is 0 Å². The number of benzene rings is 3. The van der Waals surface area contributed by atoms with Gasteiger partial charge in [-0.3, -0.25) is 0 Å². The number of hydrogen-bond donors (Lipinski definition) is 1. The molecule has 0 saturated carbocycles. The zero-order valence-corrected chi connectivity index (χ0v) is 14.6. The number of aliphatic hydroxyl groups is 1. The van der Waals surface area contributed by atoms with E-state index < -0.39 is 0 Å². The molecule has 1 heterocycles. The Morgan fingerprint density at radius 3 is 2.21 bits per heavy atom. The number of fused-ring (bicyclic) bond motifs is 2. The molecule has 1 aliphatic heterocycles. The lowest BCUT2D eigenvalue weighted by atomic mass is 10.1. The lowest BCUT2D eigenvalue weighted by Crippen LogP contribution is -2.01. The lowest BCUT2D eigenvalue weighted by Gasteiger charge is -2.21. The molecule has 0 aliphatic carbocycles. The van der Waals surface area contributed by atoms with Gasteiger partial charge >= 0.3 is 0 Å². The molecule has 0 spiro atoms. The molecular weight excluding hydrogens is 336 g/mol. The number of ether oxygens (including phenoxy) is 1. The summed E-state index contributed by atoms with van der Waals surface area (Å²) < 4.78 is 5.45. The van der Waals surface area contributed by atoms with E-state index in [1.54, 1.807) is 0 Å². The van der Waals surface area contributed by atoms with Gasteiger partial charge in [0.25, 0.3) is 0 Å². The molecule has 2 nitrogen and oxygen atoms in total. The molecule has 4 rings (SSSR count). The van der Waals surface area contributed by atoms with Gasteiger partial charge in [-0.05, 0) is 41.5 Å². The minimum atomic E-state index is 0.0290. The standard InChI is InChI=1S/C20H16O2S2/c21-12-13-22-15-10-8-14(9-11-15)16-4-3-7-19-20(16)24-18-6-2-1-5-17(18)23-19/h1-11,21H,12-13H2. The summed E-state index contributed by atoms with van der Waals surface area (Å²) in [6, 6.07) is 23.1. The molecule has 0 saturated heterocycles. The number of aliphatic hydroxyl groups excluding tert-OH is 1. The van der Waals surface area contributed by atoms with E-state index in [0.29, 0.717) is 6.61 Å². The minimum absolute atomic E-state index is 0.0290. The Morgan fingerprint density at radius 1 is 0.750 bits per heavy atom. The van der Waals surface area contributed by atoms with E-state index in [-0.39, 0.29) is 6.61 Å². The highest BCUT2D eigenvalue weighted by atomic mass is 32.2. The first-order valence-electron chi connectivity index (χ1n) is 7.77. The van der Waals surface area contributed by atoms with Crippen LogP contribution in [0, 0.1) is 0 Å². The predicted octanol–water partition coefficient (Wildman–Crippen LogP) is 5.34. The Balaban J connectivity index is 1.68. The van der Waals surface area contributed by atoms with Crippen molar-refractivity contribution in [3.05, 3.63) is 66.7 Å². The van der Waals surface area contributed by atoms with E-state index in [1.165, 1.54) is 30.7 Å². The normalized spacial score (nSPS) is 12.4. The van der Waals surface area contributed by atoms with Gasteiger partial charge in [0.05, 0.1) is 6.61 Å². The van der Waals surface area contributed by atoms with Crippen molar-refractivity contribution in [3.8, 4) is 16.9 Å². The highest BCUT2D eigenvalue weighted by Crippen LogP contribution is 2.51. The van der Waals surface area contributed by atoms with Gasteiger partial charge in [-0.15, -0.1) is 0 Å². The van der Waals surface area contributed by atoms with Crippen molar-refractivity contribution in [2.75, 3.05) is 13.2 Å². The smallest absolute Gasteiger partial charge is 0.119 e. The molecule has 0 atom stereocenters. The summed E-state index contributed by atoms with van der Waals surface area (Å²) in [7, 11) is 0. The fourth-order valence-corrected chi connectivity index (χ4v) is 5.07. The third-order valence-electron chi connectivity index (χ3n) is 3.79. The SMILES string of the molecule is OCCOc1ccc(-c2cccc3c2Sc2ccccc2S3)cc1. The molecular formula is C20H16O2S2. The van der Waals surface area contributed by atoms with Gasteiger partial charge in [0.15, 0.2) is 0 Å². The Labute approximate surface area is 149 Å². The largest absolute Gasteiger partial charge is 0.491 e. The summed E-state index contributed by atoms with van der Waals surface area (Å²) in [4.78, 5) is 5.24. The van der Waals surface area contributed by atoms with Crippen molar-refractivity contribution in [1.29, 1.82) is 0 Å². The molecule has 0 radical (unpaired) electrons. The Bertz CT molecular complexity index is 860. The average molecular weight is 352 g/mol. The number of hydrogen-bond acceptors (Lipinski definition) is 4. The summed E-state index contributed by atoms with van der Waals surface area (Å²) in [6.07, 6.45) is 0. The van der Waals surface area contributed by atoms with Gasteiger partial charge in [0, 0.05) is 19.6 Å². The van der Waals surface area contributed by atoms with Crippen LogP contribution in [-0.2, 0) is 0 Å². The highest BCUT2D eigenvalue weighted by Gasteiger charge is 2.19. The van der Waals surface area contributed by atoms with Crippen molar-refractivity contribution in [3.63, 3.8) is 0 Å². The van der Waals surface area contributed by atoms with E-state index in [1.807, 2.05) is 35.7 Å². The third-order valence-corrected chi connectivity index (χ3v) is 6.40. The number of rotatable bonds is 4. The Hall–Kier alpha value is -1.88. The molecule has 3 aromatic rings. The molecule has 4 heteroatoms. The van der Waals surface area contributed by atoms with Crippen molar-refractivity contribution < 1.29 is 9.84 Å². The van der Waals surface area contributed by atoms with Crippen LogP contribution in [0.1, 0.15) is 0 Å². The molecule has 0 bridgehead atoms. The quantitative estimate of drug-likeness (QED) is 0.537. The zero-order valence-electron chi connectivity index (χ0n) is 12.9. The van der Waals surface area contributed by atoms with Crippen molar-refractivity contribution in [2.24, 2.45) is 0 Å². The fourth-order valence-electron chi connectivity index (χ4n) is 2.67. The molecule has 0 amide bonds. The molecule has 3 aromatic carbocycles. The van der Waals surface area contributed by atoms with Crippen LogP contribution in [0.2, 0.25) is 0 Å². The first-order valence-corrected chi connectivity index (χ1v) is 9.40. The van der Waals surface area contributed by atoms with E-state index in [4.69, 9.17) is 9.84 Å². The van der Waals surface area contributed by atoms with Crippen LogP contribution < -0.4 is 4.74 Å². The van der Waals surface area contributed by atoms with Crippen LogP contribution in [0.4, 0.5) is 0 Å². The third kappa shape index (κ3) is 3.05. The van der Waals surface area contributed by atoms with Gasteiger partial charge < -0.3 is 9.84 Å². The Morgan fingerprint density at radius 2 is 1.46 bits per heavy atom. The first kappa shape index (κ1) is 15.6. The topological polar surface area (TPSA) is 29.5 Å². The van der Waals surface area contributed by atoms with Crippen molar-refractivity contribution >= 4 is 23.5 Å². The molecule has 0 aromatic heterocycles. The zero-order chi connectivity index (χ0) is 16.4. The maximum absolute atomic E-state index is 8.84. The second-order valence-corrected chi connectivity index (χ2v) is 7.52. The van der Waals surface area contributed by atoms with E-state index in [2.05, 4.69) is 54.6 Å². The van der Waals surface area contributed by atoms with Crippen molar-refractivity contribution in [2.45, 2.75) is 19.6 Å². The van der Waals surface area contributed by atoms with Crippen LogP contribution >= 0.6 is 23.5 Å². The predicted molar refractivity (Wildman–Crippen MR) is 99.1 cm³/mol. The molecule has 120 valence electrons. The van der Waals surface area contributed by atoms with Crippen LogP contribution in [0.5, 0.6) is 5.75 Å². The maximum Gasteiger partial charge on any atom is 0.119 e. The van der Waals surface area contributed by atoms with Crippen LogP contribution in [0.25, 0.3) is 11.1 Å². The Kier molecular flexibility index (Phi) is 4.52. The fraction of sp³-hybridized carbons (Fsp3) is 0.100. The second kappa shape index (κ2) is 6.93. The summed E-state index contributed by atoms with van der Waals surface area (Å²) in [5.74, 6) is 0.782. The molecule has 24 heavy (non-hydrogen) atoms. The summed E-state index contributed by atoms with van der Waals surface area (Å²) >= 11 is 3.67. The van der Waals surface area contributed by atoms with Gasteiger partial charge in [0.1, 0.15) is 12.4 Å². The van der Waals surface area contributed by atoms with E-state index in [9.17, 15) is 0 Å². The van der Waals surface area contributed by atoms with Crippen LogP contribution in [-0.4, -0.2) is 18.3 Å². The lowest BCUT2D eigenvalue weighted by molar-refractivity contribution is 0.201. The van der Waals surface area contributed by atoms with Crippen LogP contribution in [0.3, 0.4) is 0 Å². The minimum Gasteiger partial charge on any atom is -0.491 e. The second-order valence-electron chi connectivity index (χ2n) is 5.38. The van der Waals surface area contributed by atoms with E-state index >= 15 is 0 Å². The highest BCUT2D eigenvalue weighted by molar-refractivity contribution is 8.05. The van der Waals surface area contributed by atoms with Gasteiger partial charge in [-0.1, -0.05) is 59.9 Å². The first-order chi connectivity index (χ1) is 11.8. The molecule has 0 unspecified atom stereocenters. The van der Waals surface area contributed by atoms with Gasteiger partial charge in [-0.25, -0.2) is 0 Å². The molecule has 1 aliphatic rings. The van der Waals surface area contributed by atoms with Crippen LogP contribution in [0.15, 0.2) is 86.3 Å². The van der Waals surface area contributed by atoms with Gasteiger partial charge in [0.2, 0.25) is 0 Å². The maximum atomic E-state index is 8.84. The monoisotopic (exact) mass is 352 g/mol. The molecule has 0 fully saturated rings.